The van der Waals surface area contributed by atoms with Crippen molar-refractivity contribution in [2.24, 2.45) is 17.3 Å². The van der Waals surface area contributed by atoms with Gasteiger partial charge in [0.05, 0.1) is 31.8 Å². The number of amides is 2. The summed E-state index contributed by atoms with van der Waals surface area (Å²) in [6, 6.07) is 3.39. The quantitative estimate of drug-likeness (QED) is 0.161. The van der Waals surface area contributed by atoms with E-state index in [0.29, 0.717) is 22.5 Å². The van der Waals surface area contributed by atoms with Gasteiger partial charge in [-0.2, -0.15) is 0 Å². The van der Waals surface area contributed by atoms with Gasteiger partial charge in [-0.05, 0) is 61.6 Å². The van der Waals surface area contributed by atoms with Crippen LogP contribution in [0.1, 0.15) is 65.0 Å². The molecule has 1 aliphatic heterocycles. The van der Waals surface area contributed by atoms with E-state index in [4.69, 9.17) is 18.9 Å². The summed E-state index contributed by atoms with van der Waals surface area (Å²) in [7, 11) is 2.84. The number of alkyl carbamates (subject to hydrolysis) is 1. The van der Waals surface area contributed by atoms with Crippen LogP contribution in [0.2, 0.25) is 0 Å². The lowest BCUT2D eigenvalue weighted by molar-refractivity contribution is -0.152. The topological polar surface area (TPSA) is 129 Å². The van der Waals surface area contributed by atoms with Crippen molar-refractivity contribution in [3.05, 3.63) is 55.8 Å². The molecular formula is C36H48N4O7. The number of nitrogens with one attached hydrogen (secondary N) is 1. The number of nitrogens with zero attached hydrogens (tertiary/aromatic N) is 3. The fraction of sp³-hybridized carbons (Fsp3) is 0.528. The van der Waals surface area contributed by atoms with E-state index >= 15 is 0 Å². The molecule has 47 heavy (non-hydrogen) atoms. The zero-order chi connectivity index (χ0) is 34.3. The summed E-state index contributed by atoms with van der Waals surface area (Å²) in [4.78, 5) is 51.3. The van der Waals surface area contributed by atoms with Gasteiger partial charge in [-0.25, -0.2) is 19.6 Å². The number of ether oxygens (including phenoxy) is 4. The number of methoxy groups -OCH3 is 2. The van der Waals surface area contributed by atoms with Crippen LogP contribution < -0.4 is 14.8 Å². The molecule has 1 saturated heterocycles. The van der Waals surface area contributed by atoms with E-state index in [9.17, 15) is 14.4 Å². The van der Waals surface area contributed by atoms with Crippen molar-refractivity contribution in [2.75, 3.05) is 20.8 Å². The van der Waals surface area contributed by atoms with Gasteiger partial charge in [0.15, 0.2) is 0 Å². The average molecular weight is 649 g/mol. The second-order valence-corrected chi connectivity index (χ2v) is 13.2. The highest BCUT2D eigenvalue weighted by molar-refractivity contribution is 5.91. The molecule has 0 bridgehead atoms. The van der Waals surface area contributed by atoms with Crippen LogP contribution >= 0.6 is 0 Å². The number of fused-ring (bicyclic) bond motifs is 1. The Kier molecular flexibility index (Phi) is 11.7. The van der Waals surface area contributed by atoms with E-state index in [-0.39, 0.29) is 36.8 Å². The van der Waals surface area contributed by atoms with E-state index in [1.807, 2.05) is 32.9 Å². The Morgan fingerprint density at radius 3 is 2.51 bits per heavy atom. The minimum Gasteiger partial charge on any atom is -0.497 e. The van der Waals surface area contributed by atoms with Gasteiger partial charge in [-0.15, -0.1) is 13.2 Å². The molecule has 2 aliphatic rings. The molecule has 11 heteroatoms. The molecule has 0 radical (unpaired) electrons. The molecule has 0 spiro atoms. The van der Waals surface area contributed by atoms with Gasteiger partial charge in [0.25, 0.3) is 0 Å². The predicted molar refractivity (Wildman–Crippen MR) is 180 cm³/mol. The van der Waals surface area contributed by atoms with E-state index in [0.717, 1.165) is 32.1 Å². The first-order chi connectivity index (χ1) is 22.4. The Morgan fingerprint density at radius 1 is 1.11 bits per heavy atom. The van der Waals surface area contributed by atoms with Crippen molar-refractivity contribution in [2.45, 2.75) is 83.6 Å². The normalized spacial score (nSPS) is 23.1. The number of aromatic nitrogens is 2. The molecule has 2 fully saturated rings. The fourth-order valence-electron chi connectivity index (χ4n) is 6.47. The minimum atomic E-state index is -1.000. The van der Waals surface area contributed by atoms with Crippen molar-refractivity contribution in [1.29, 1.82) is 0 Å². The zero-order valence-corrected chi connectivity index (χ0v) is 28.2. The van der Waals surface area contributed by atoms with Crippen LogP contribution in [0.3, 0.4) is 0 Å². The predicted octanol–water partition coefficient (Wildman–Crippen LogP) is 5.88. The van der Waals surface area contributed by atoms with Crippen LogP contribution in [-0.4, -0.2) is 77.9 Å². The Labute approximate surface area is 277 Å². The molecule has 1 aliphatic carbocycles. The summed E-state index contributed by atoms with van der Waals surface area (Å²) in [5, 5.41) is 2.84. The Bertz CT molecular complexity index is 1490. The first kappa shape index (κ1) is 35.4. The zero-order valence-electron chi connectivity index (χ0n) is 28.2. The van der Waals surface area contributed by atoms with Gasteiger partial charge in [0.2, 0.25) is 11.8 Å². The van der Waals surface area contributed by atoms with Crippen molar-refractivity contribution in [1.82, 2.24) is 20.2 Å². The number of benzene rings is 1. The van der Waals surface area contributed by atoms with E-state index < -0.39 is 41.6 Å². The number of hydrogen-bond donors (Lipinski definition) is 1. The third-order valence-corrected chi connectivity index (χ3v) is 9.02. The third-order valence-electron chi connectivity index (χ3n) is 9.02. The molecule has 254 valence electrons. The molecule has 2 heterocycles. The van der Waals surface area contributed by atoms with Crippen molar-refractivity contribution < 1.29 is 33.3 Å². The van der Waals surface area contributed by atoms with Crippen LogP contribution in [0, 0.1) is 17.3 Å². The van der Waals surface area contributed by atoms with Gasteiger partial charge in [0, 0.05) is 18.4 Å². The number of carbonyl (C=O) groups is 3. The van der Waals surface area contributed by atoms with Gasteiger partial charge >= 0.3 is 12.1 Å². The molecular weight excluding hydrogens is 600 g/mol. The molecule has 11 nitrogen and oxygen atoms in total. The first-order valence-electron chi connectivity index (χ1n) is 16.2. The maximum absolute atomic E-state index is 14.2. The number of rotatable bonds is 13. The summed E-state index contributed by atoms with van der Waals surface area (Å²) >= 11 is 0. The lowest BCUT2D eigenvalue weighted by Crippen LogP contribution is -2.57. The van der Waals surface area contributed by atoms with E-state index in [1.54, 1.807) is 25.3 Å². The molecule has 2 aromatic rings. The molecule has 1 aromatic carbocycles. The summed E-state index contributed by atoms with van der Waals surface area (Å²) in [6.07, 6.45) is 8.40. The highest BCUT2D eigenvalue weighted by Gasteiger charge is 2.47. The standard InChI is InChI=1S/C36H48N4O7/c1-9-12-13-14-23-16-15-22(10-2)30(23)47-35(43)39-31(36(4,5)6)33(41)40-21-25(20-29(40)34(42)45-8)46-32-26(11-3)37-27-18-17-24(44-7)19-28(27)38-32/h9-11,17-19,22-23,25,29-31H,1-3,12-16,20-21H2,4-8H3,(H,39,43)/t22-,23-,25-,29+,30-,31-/m1/s1. The second-order valence-electron chi connectivity index (χ2n) is 13.2. The van der Waals surface area contributed by atoms with Gasteiger partial charge in [0.1, 0.15) is 35.7 Å². The summed E-state index contributed by atoms with van der Waals surface area (Å²) in [6.45, 7) is 17.2. The third kappa shape index (κ3) is 8.31. The molecule has 1 aromatic heterocycles. The number of esters is 1. The van der Waals surface area contributed by atoms with Gasteiger partial charge < -0.3 is 29.2 Å². The van der Waals surface area contributed by atoms with Crippen LogP contribution in [0.15, 0.2) is 50.1 Å². The summed E-state index contributed by atoms with van der Waals surface area (Å²) < 4.78 is 22.7. The first-order valence-corrected chi connectivity index (χ1v) is 16.2. The Hall–Kier alpha value is -4.41. The SMILES string of the molecule is C=CCCC[C@@H]1CC[C@@H](C=C)[C@H]1OC(=O)N[C@H](C(=O)N1C[C@H](Oc2nc3cc(OC)ccc3nc2C=C)C[C@H]1C(=O)OC)C(C)(C)C. The largest absolute Gasteiger partial charge is 0.497 e. The highest BCUT2D eigenvalue weighted by Crippen LogP contribution is 2.38. The van der Waals surface area contributed by atoms with Crippen molar-refractivity contribution >= 4 is 35.1 Å². The van der Waals surface area contributed by atoms with Crippen LogP contribution in [0.25, 0.3) is 17.1 Å². The van der Waals surface area contributed by atoms with Gasteiger partial charge in [-0.3, -0.25) is 4.79 Å². The highest BCUT2D eigenvalue weighted by atomic mass is 16.6. The van der Waals surface area contributed by atoms with E-state index in [2.05, 4.69) is 35.0 Å². The summed E-state index contributed by atoms with van der Waals surface area (Å²) in [5.74, 6) is 0.0471. The number of allylic oxidation sites excluding steroid dienone is 1. The molecule has 1 N–H and O–H groups in total. The smallest absolute Gasteiger partial charge is 0.408 e. The minimum absolute atomic E-state index is 0.0400. The van der Waals surface area contributed by atoms with E-state index in [1.165, 1.54) is 18.1 Å². The summed E-state index contributed by atoms with van der Waals surface area (Å²) in [5.41, 5.74) is 0.895. The molecule has 4 rings (SSSR count). The lowest BCUT2D eigenvalue weighted by atomic mass is 9.85. The van der Waals surface area contributed by atoms with Gasteiger partial charge in [-0.1, -0.05) is 39.5 Å². The second kappa shape index (κ2) is 15.5. The van der Waals surface area contributed by atoms with Crippen molar-refractivity contribution in [3.63, 3.8) is 0 Å². The number of hydrogen-bond acceptors (Lipinski definition) is 9. The lowest BCUT2D eigenvalue weighted by Gasteiger charge is -2.35. The molecule has 6 atom stereocenters. The molecule has 1 saturated carbocycles. The molecule has 2 amide bonds. The monoisotopic (exact) mass is 648 g/mol. The van der Waals surface area contributed by atoms with Crippen LogP contribution in [-0.2, 0) is 19.1 Å². The maximum atomic E-state index is 14.2. The average Bonchev–Trinajstić information content (AvgIpc) is 3.65. The van der Waals surface area contributed by atoms with Crippen molar-refractivity contribution in [3.8, 4) is 11.6 Å². The van der Waals surface area contributed by atoms with Crippen LogP contribution in [0.4, 0.5) is 4.79 Å². The Morgan fingerprint density at radius 2 is 1.87 bits per heavy atom. The number of unbranched alkanes of at least 4 members (excludes halogenated alkanes) is 1. The fourth-order valence-corrected chi connectivity index (χ4v) is 6.47. The number of carbonyl (C=O) groups excluding carboxylic acids is 3. The van der Waals surface area contributed by atoms with Crippen LogP contribution in [0.5, 0.6) is 11.6 Å². The number of likely N-dealkylation sites (tertiary alicyclic amines) is 1. The maximum Gasteiger partial charge on any atom is 0.408 e. The Balaban J connectivity index is 1.54. The molecule has 0 unspecified atom stereocenters.